The van der Waals surface area contributed by atoms with Crippen molar-refractivity contribution in [2.75, 3.05) is 91.2 Å². The van der Waals surface area contributed by atoms with E-state index >= 15 is 0 Å². The van der Waals surface area contributed by atoms with E-state index in [1.807, 2.05) is 214 Å². The molecule has 3 aromatic heterocycles. The van der Waals surface area contributed by atoms with Crippen molar-refractivity contribution in [1.82, 2.24) is 54.6 Å². The number of ether oxygens (including phenoxy) is 8. The van der Waals surface area contributed by atoms with Crippen molar-refractivity contribution in [3.8, 4) is 44.9 Å². The Hall–Kier alpha value is -14.3. The van der Waals surface area contributed by atoms with Gasteiger partial charge in [0.25, 0.3) is 20.0 Å². The molecule has 2 aliphatic heterocycles. The number of rotatable bonds is 45. The molecule has 6 N–H and O–H groups in total. The number of nitrogens with zero attached hydrogens (tertiary/aromatic N) is 7. The SMILES string of the molecule is CCCOP(OC[C@H]1O[C@@H](n2cnc3c(=O)[nH]c(NC(=O)CCCN(C)C(=O)OCC4c5ccccc5-c5ccccc54)nc32)CC1OP(OCCC)N(C(C)C)C(C)C)OC1C[C@H](n2ccc(NC(=O)c3ccc(CNC(=O)C(CNC(=O)OCC4c5ccccc5-c5ccccc54)NC(=O)OCC4c5ccccc5-c5ccccc54)cc3)nc2=O)O[C@@H]1COC(c1ccccc1)(c1ccc(OC)cc1)c1ccc(OC)cc1. The van der Waals surface area contributed by atoms with Gasteiger partial charge in [-0.05, 0) is 178 Å². The first-order chi connectivity index (χ1) is 72.5. The standard InChI is InChI=1S/C113H121N13O21P2/c1-10-58-141-148(126(70(3)4)71(5)6)146-95-60-102(125-69-116-103-104(125)121-108(122-107(103)130)120-100(127)42-27-56-123(7)112(134)139-66-93-89-40-25-19-34-83(89)84-35-20-26-41-90(84)93)145-98(95)68-143-149(142-59-11-2)147-96-61-101(144-97(96)67-140-113(74-28-13-12-14-29-74,75-47-51-77(135-8)52-48-75)76-49-53-78(136-9)54-50-76)124-57-55-99(119-109(124)131)118-105(128)73-45-43-72(44-46-73)62-114-106(129)94(117-111(133)138-65-92-87-38-23-17-32-81(87)82-33-18-24-39-88(82)92)63-115-110(132)137-64-91-85-36-21-15-30-79(85)80-31-16-22-37-86(80)91/h12-26,28-41,43-55,57,69-71,91-98,101-102H,10-11,27,42,56,58-68H2,1-9H3,(H,114,129)(H,115,132)(H,117,133)(H,118,119,128,131)(H2,120,121,122,127,130)/t94?,95?,96?,97-,98-,101-,102-,148?,149?/m1/s1. The molecule has 34 nitrogen and oxygen atoms in total. The average molecular weight is 2060 g/mol. The number of alkyl carbamates (subject to hydrolysis) is 2. The number of fused-ring (bicyclic) bond motifs is 10. The number of benzene rings is 10. The number of carbonyl (C=O) groups is 6. The van der Waals surface area contributed by atoms with Crippen LogP contribution in [-0.2, 0) is 72.8 Å². The van der Waals surface area contributed by atoms with Crippen LogP contribution in [0.5, 0.6) is 11.5 Å². The molecule has 6 amide bonds. The van der Waals surface area contributed by atoms with Gasteiger partial charge in [-0.15, -0.1) is 0 Å². The molecule has 5 aliphatic rings. The van der Waals surface area contributed by atoms with Crippen LogP contribution in [-0.4, -0.2) is 198 Å². The number of carbonyl (C=O) groups excluding carboxylic acids is 6. The lowest BCUT2D eigenvalue weighted by Gasteiger charge is -2.37. The van der Waals surface area contributed by atoms with Crippen molar-refractivity contribution in [2.24, 2.45) is 0 Å². The molecule has 2 saturated heterocycles. The Kier molecular flexibility index (Phi) is 34.0. The molecular formula is C113H121N13O21P2. The molecule has 774 valence electrons. The molecule has 10 aromatic carbocycles. The van der Waals surface area contributed by atoms with Gasteiger partial charge in [-0.25, -0.2) is 28.8 Å². The van der Waals surface area contributed by atoms with E-state index in [2.05, 4.69) is 98.2 Å². The number of aromatic nitrogens is 6. The highest BCUT2D eigenvalue weighted by atomic mass is 31.2. The summed E-state index contributed by atoms with van der Waals surface area (Å²) in [6.07, 6.45) is -3.27. The molecule has 0 radical (unpaired) electrons. The molecule has 0 bridgehead atoms. The molecule has 36 heteroatoms. The summed E-state index contributed by atoms with van der Waals surface area (Å²) in [7, 11) is 0.659. The van der Waals surface area contributed by atoms with Crippen molar-refractivity contribution in [2.45, 2.75) is 165 Å². The molecule has 9 atom stereocenters. The van der Waals surface area contributed by atoms with Crippen LogP contribution in [0.3, 0.4) is 0 Å². The molecule has 0 saturated carbocycles. The van der Waals surface area contributed by atoms with E-state index in [1.165, 1.54) is 28.1 Å². The molecular weight excluding hydrogens is 1940 g/mol. The van der Waals surface area contributed by atoms with Crippen molar-refractivity contribution >= 4 is 76.1 Å². The van der Waals surface area contributed by atoms with Crippen molar-refractivity contribution < 1.29 is 89.3 Å². The lowest BCUT2D eigenvalue weighted by molar-refractivity contribution is -0.123. The van der Waals surface area contributed by atoms with E-state index in [0.29, 0.717) is 36.5 Å². The lowest BCUT2D eigenvalue weighted by Crippen LogP contribution is -2.52. The fourth-order valence-corrected chi connectivity index (χ4v) is 23.0. The van der Waals surface area contributed by atoms with E-state index in [-0.39, 0.29) is 143 Å². The van der Waals surface area contributed by atoms with Crippen LogP contribution in [0.15, 0.2) is 277 Å². The van der Waals surface area contributed by atoms with E-state index in [4.69, 9.17) is 65.5 Å². The number of H-pyrrole nitrogens is 1. The summed E-state index contributed by atoms with van der Waals surface area (Å²) in [5.41, 5.74) is 12.9. The number of aromatic amines is 1. The van der Waals surface area contributed by atoms with Gasteiger partial charge in [0.05, 0.1) is 65.7 Å². The van der Waals surface area contributed by atoms with Gasteiger partial charge in [0.1, 0.15) is 73.4 Å². The minimum Gasteiger partial charge on any atom is -0.497 e. The van der Waals surface area contributed by atoms with E-state index < -0.39 is 113 Å². The second-order valence-corrected chi connectivity index (χ2v) is 40.1. The maximum atomic E-state index is 14.8. The summed E-state index contributed by atoms with van der Waals surface area (Å²) in [4.78, 5) is 130. The Morgan fingerprint density at radius 3 is 1.54 bits per heavy atom. The zero-order chi connectivity index (χ0) is 104. The summed E-state index contributed by atoms with van der Waals surface area (Å²) >= 11 is 0. The quantitative estimate of drug-likeness (QED) is 0.0117. The highest BCUT2D eigenvalue weighted by molar-refractivity contribution is 7.44. The van der Waals surface area contributed by atoms with Gasteiger partial charge in [-0.2, -0.15) is 9.97 Å². The summed E-state index contributed by atoms with van der Waals surface area (Å²) < 4.78 is 90.2. The number of nitrogens with one attached hydrogen (secondary N) is 6. The molecule has 5 heterocycles. The van der Waals surface area contributed by atoms with Crippen LogP contribution >= 0.6 is 17.1 Å². The van der Waals surface area contributed by atoms with Crippen molar-refractivity contribution in [3.05, 3.63) is 349 Å². The number of amides is 6. The zero-order valence-electron chi connectivity index (χ0n) is 84.2. The van der Waals surface area contributed by atoms with E-state index in [1.54, 1.807) is 50.1 Å². The predicted molar refractivity (Wildman–Crippen MR) is 563 cm³/mol. The summed E-state index contributed by atoms with van der Waals surface area (Å²) in [6, 6.07) is 79.3. The highest BCUT2D eigenvalue weighted by Gasteiger charge is 2.48. The molecule has 3 aliphatic carbocycles. The third kappa shape index (κ3) is 23.9. The van der Waals surface area contributed by atoms with Crippen LogP contribution in [0.1, 0.15) is 176 Å². The molecule has 2 fully saturated rings. The largest absolute Gasteiger partial charge is 0.497 e. The summed E-state index contributed by atoms with van der Waals surface area (Å²) in [5, 5.41) is 13.8. The lowest BCUT2D eigenvalue weighted by atomic mass is 9.80. The maximum Gasteiger partial charge on any atom is 0.409 e. The number of anilines is 2. The molecule has 5 unspecified atom stereocenters. The van der Waals surface area contributed by atoms with Gasteiger partial charge in [0.2, 0.25) is 17.8 Å². The minimum absolute atomic E-state index is 0.000544. The van der Waals surface area contributed by atoms with Crippen LogP contribution in [0.4, 0.5) is 26.1 Å². The summed E-state index contributed by atoms with van der Waals surface area (Å²) in [5.74, 6) is -1.37. The second kappa shape index (κ2) is 48.4. The van der Waals surface area contributed by atoms with Crippen LogP contribution < -0.4 is 47.3 Å². The van der Waals surface area contributed by atoms with Crippen LogP contribution in [0, 0.1) is 0 Å². The first kappa shape index (κ1) is 105. The predicted octanol–water partition coefficient (Wildman–Crippen LogP) is 19.1. The number of hydrogen-bond acceptors (Lipinski definition) is 25. The Morgan fingerprint density at radius 2 is 1.01 bits per heavy atom. The van der Waals surface area contributed by atoms with Crippen molar-refractivity contribution in [1.29, 1.82) is 0 Å². The highest BCUT2D eigenvalue weighted by Crippen LogP contribution is 2.54. The first-order valence-electron chi connectivity index (χ1n) is 50.2. The molecule has 149 heavy (non-hydrogen) atoms. The topological polar surface area (TPSA) is 388 Å². The monoisotopic (exact) mass is 2060 g/mol. The molecule has 18 rings (SSSR count). The van der Waals surface area contributed by atoms with Gasteiger partial charge in [0, 0.05) is 81.0 Å². The third-order valence-corrected chi connectivity index (χ3v) is 30.6. The van der Waals surface area contributed by atoms with Crippen LogP contribution in [0.25, 0.3) is 44.5 Å². The Bertz CT molecular complexity index is 6830. The molecule has 0 spiro atoms. The number of methoxy groups -OCH3 is 2. The maximum absolute atomic E-state index is 14.8. The summed E-state index contributed by atoms with van der Waals surface area (Å²) in [6.45, 7) is 12.3. The second-order valence-electron chi connectivity index (χ2n) is 37.5. The Labute approximate surface area is 865 Å². The third-order valence-electron chi connectivity index (χ3n) is 27.2. The number of imidazole rings is 1. The van der Waals surface area contributed by atoms with Gasteiger partial charge >= 0.3 is 32.6 Å². The van der Waals surface area contributed by atoms with Gasteiger partial charge in [0.15, 0.2) is 11.2 Å². The minimum atomic E-state index is -2.38. The smallest absolute Gasteiger partial charge is 0.409 e. The van der Waals surface area contributed by atoms with Gasteiger partial charge in [-0.1, -0.05) is 226 Å². The van der Waals surface area contributed by atoms with Crippen molar-refractivity contribution in [3.63, 3.8) is 0 Å². The fourth-order valence-electron chi connectivity index (χ4n) is 19.9. The molecule has 13 aromatic rings. The Balaban J connectivity index is 0.565. The van der Waals surface area contributed by atoms with E-state index in [9.17, 15) is 38.4 Å². The van der Waals surface area contributed by atoms with Gasteiger partial charge < -0.3 is 86.7 Å². The van der Waals surface area contributed by atoms with E-state index in [0.717, 1.165) is 83.5 Å². The number of hydrogen-bond donors (Lipinski definition) is 6. The fraction of sp³-hybridized carbons (Fsp3) is 0.336. The average Bonchev–Trinajstić information content (AvgIpc) is 1.73. The van der Waals surface area contributed by atoms with Crippen LogP contribution in [0.2, 0.25) is 0 Å². The van der Waals surface area contributed by atoms with Gasteiger partial charge in [-0.3, -0.25) is 38.6 Å². The Morgan fingerprint density at radius 1 is 0.523 bits per heavy atom. The normalized spacial score (nSPS) is 17.2. The first-order valence-corrected chi connectivity index (χ1v) is 52.5. The zero-order valence-corrected chi connectivity index (χ0v) is 86.0.